The minimum absolute atomic E-state index is 0.00638. The van der Waals surface area contributed by atoms with Crippen molar-refractivity contribution < 1.29 is 0 Å². The van der Waals surface area contributed by atoms with Gasteiger partial charge in [0, 0.05) is 0 Å². The zero-order chi connectivity index (χ0) is 9.84. The Kier molecular flexibility index (Phi) is 3.81. The van der Waals surface area contributed by atoms with Gasteiger partial charge in [0.1, 0.15) is 0 Å². The molecule has 0 aromatic heterocycles. The van der Waals surface area contributed by atoms with E-state index in [0.717, 1.165) is 11.8 Å². The van der Waals surface area contributed by atoms with Crippen LogP contribution in [-0.4, -0.2) is 6.04 Å². The minimum atomic E-state index is -0.00638. The second-order valence-corrected chi connectivity index (χ2v) is 4.61. The van der Waals surface area contributed by atoms with Crippen LogP contribution in [-0.2, 0) is 0 Å². The van der Waals surface area contributed by atoms with Crippen molar-refractivity contribution >= 4 is 0 Å². The van der Waals surface area contributed by atoms with Crippen LogP contribution in [0.25, 0.3) is 0 Å². The average molecular weight is 179 g/mol. The Morgan fingerprint density at radius 3 is 2.00 bits per heavy atom. The molecule has 0 aromatic carbocycles. The molecule has 0 saturated heterocycles. The molecular formula is C12H21N. The number of nitrogens with two attached hydrogens (primary N) is 1. The Balaban J connectivity index is 2.35. The highest BCUT2D eigenvalue weighted by molar-refractivity contribution is 5.01. The van der Waals surface area contributed by atoms with Crippen molar-refractivity contribution in [2.24, 2.45) is 23.5 Å². The smallest absolute Gasteiger partial charge is 0.0690 e. The molecule has 0 bridgehead atoms. The zero-order valence-corrected chi connectivity index (χ0v) is 8.79. The lowest BCUT2D eigenvalue weighted by Crippen LogP contribution is -2.32. The summed E-state index contributed by atoms with van der Waals surface area (Å²) in [7, 11) is 0. The molecule has 13 heavy (non-hydrogen) atoms. The van der Waals surface area contributed by atoms with Crippen molar-refractivity contribution in [3.8, 4) is 12.3 Å². The highest BCUT2D eigenvalue weighted by atomic mass is 14.6. The fourth-order valence-corrected chi connectivity index (χ4v) is 2.31. The van der Waals surface area contributed by atoms with Gasteiger partial charge < -0.3 is 5.73 Å². The van der Waals surface area contributed by atoms with Crippen LogP contribution < -0.4 is 5.73 Å². The van der Waals surface area contributed by atoms with Gasteiger partial charge in [-0.15, -0.1) is 6.42 Å². The average Bonchev–Trinajstić information content (AvgIpc) is 2.17. The molecule has 2 N–H and O–H groups in total. The molecule has 1 heteroatoms. The third-order valence-corrected chi connectivity index (χ3v) is 3.46. The highest BCUT2D eigenvalue weighted by Gasteiger charge is 2.25. The normalized spacial score (nSPS) is 31.3. The first-order valence-corrected chi connectivity index (χ1v) is 5.37. The predicted octanol–water partition coefficient (Wildman–Crippen LogP) is 2.41. The Morgan fingerprint density at radius 1 is 1.15 bits per heavy atom. The van der Waals surface area contributed by atoms with Gasteiger partial charge in [-0.2, -0.15) is 0 Å². The molecule has 1 rings (SSSR count). The maximum absolute atomic E-state index is 5.83. The van der Waals surface area contributed by atoms with Crippen molar-refractivity contribution in [2.45, 2.75) is 45.6 Å². The second kappa shape index (κ2) is 4.67. The van der Waals surface area contributed by atoms with Crippen molar-refractivity contribution in [1.29, 1.82) is 0 Å². The van der Waals surface area contributed by atoms with E-state index in [1.165, 1.54) is 25.7 Å². The van der Waals surface area contributed by atoms with Gasteiger partial charge >= 0.3 is 0 Å². The minimum Gasteiger partial charge on any atom is -0.317 e. The number of hydrogen-bond donors (Lipinski definition) is 1. The van der Waals surface area contributed by atoms with Crippen molar-refractivity contribution in [2.75, 3.05) is 0 Å². The molecule has 1 atom stereocenters. The summed E-state index contributed by atoms with van der Waals surface area (Å²) in [6.07, 6.45) is 10.4. The van der Waals surface area contributed by atoms with Gasteiger partial charge in [0.15, 0.2) is 0 Å². The lowest BCUT2D eigenvalue weighted by atomic mass is 9.75. The third-order valence-electron chi connectivity index (χ3n) is 3.46. The van der Waals surface area contributed by atoms with Gasteiger partial charge in [-0.25, -0.2) is 0 Å². The Labute approximate surface area is 82.1 Å². The first-order valence-electron chi connectivity index (χ1n) is 5.37. The molecule has 74 valence electrons. The molecule has 1 aliphatic carbocycles. The van der Waals surface area contributed by atoms with Gasteiger partial charge in [0.05, 0.1) is 6.04 Å². The summed E-state index contributed by atoms with van der Waals surface area (Å²) in [5.41, 5.74) is 5.83. The SMILES string of the molecule is C#CC(N)C1CCC(C(C)C)CC1. The Bertz CT molecular complexity index is 182. The molecule has 1 fully saturated rings. The molecule has 1 nitrogen and oxygen atoms in total. The maximum Gasteiger partial charge on any atom is 0.0690 e. The monoisotopic (exact) mass is 179 g/mol. The molecule has 0 aromatic rings. The third kappa shape index (κ3) is 2.74. The molecule has 0 spiro atoms. The summed E-state index contributed by atoms with van der Waals surface area (Å²) in [6.45, 7) is 4.62. The first-order chi connectivity index (χ1) is 6.15. The summed E-state index contributed by atoms with van der Waals surface area (Å²) in [5.74, 6) is 4.97. The quantitative estimate of drug-likeness (QED) is 0.647. The summed E-state index contributed by atoms with van der Waals surface area (Å²) in [6, 6.07) is -0.00638. The lowest BCUT2D eigenvalue weighted by Gasteiger charge is -2.32. The van der Waals surface area contributed by atoms with Crippen molar-refractivity contribution in [3.63, 3.8) is 0 Å². The van der Waals surface area contributed by atoms with E-state index in [4.69, 9.17) is 12.2 Å². The molecule has 0 heterocycles. The van der Waals surface area contributed by atoms with E-state index in [9.17, 15) is 0 Å². The molecule has 1 unspecified atom stereocenters. The van der Waals surface area contributed by atoms with Crippen LogP contribution in [0.3, 0.4) is 0 Å². The standard InChI is InChI=1S/C12H21N/c1-4-12(13)11-7-5-10(6-8-11)9(2)3/h1,9-12H,5-8,13H2,2-3H3. The molecule has 0 aliphatic heterocycles. The van der Waals surface area contributed by atoms with Crippen molar-refractivity contribution in [3.05, 3.63) is 0 Å². The topological polar surface area (TPSA) is 26.0 Å². The van der Waals surface area contributed by atoms with Crippen LogP contribution in [0.1, 0.15) is 39.5 Å². The van der Waals surface area contributed by atoms with Crippen LogP contribution in [0.4, 0.5) is 0 Å². The van der Waals surface area contributed by atoms with E-state index in [1.54, 1.807) is 0 Å². The number of hydrogen-bond acceptors (Lipinski definition) is 1. The molecule has 0 radical (unpaired) electrons. The fraction of sp³-hybridized carbons (Fsp3) is 0.833. The highest BCUT2D eigenvalue weighted by Crippen LogP contribution is 2.34. The van der Waals surface area contributed by atoms with E-state index < -0.39 is 0 Å². The summed E-state index contributed by atoms with van der Waals surface area (Å²) >= 11 is 0. The fourth-order valence-electron chi connectivity index (χ4n) is 2.31. The van der Waals surface area contributed by atoms with Crippen LogP contribution in [0, 0.1) is 30.1 Å². The number of rotatable bonds is 2. The van der Waals surface area contributed by atoms with Crippen LogP contribution in [0.15, 0.2) is 0 Å². The second-order valence-electron chi connectivity index (χ2n) is 4.61. The molecule has 1 saturated carbocycles. The van der Waals surface area contributed by atoms with Crippen LogP contribution >= 0.6 is 0 Å². The van der Waals surface area contributed by atoms with Gasteiger partial charge in [-0.1, -0.05) is 19.8 Å². The summed E-state index contributed by atoms with van der Waals surface area (Å²) in [4.78, 5) is 0. The van der Waals surface area contributed by atoms with E-state index >= 15 is 0 Å². The molecular weight excluding hydrogens is 158 g/mol. The Morgan fingerprint density at radius 2 is 1.62 bits per heavy atom. The van der Waals surface area contributed by atoms with Gasteiger partial charge in [0.25, 0.3) is 0 Å². The van der Waals surface area contributed by atoms with E-state index in [1.807, 2.05) is 0 Å². The van der Waals surface area contributed by atoms with Crippen LogP contribution in [0.5, 0.6) is 0 Å². The molecule has 1 aliphatic rings. The summed E-state index contributed by atoms with van der Waals surface area (Å²) < 4.78 is 0. The Hall–Kier alpha value is -0.480. The van der Waals surface area contributed by atoms with Gasteiger partial charge in [0.2, 0.25) is 0 Å². The van der Waals surface area contributed by atoms with Crippen LogP contribution in [0.2, 0.25) is 0 Å². The first kappa shape index (κ1) is 10.6. The number of terminal acetylenes is 1. The van der Waals surface area contributed by atoms with Gasteiger partial charge in [-0.3, -0.25) is 0 Å². The largest absolute Gasteiger partial charge is 0.317 e. The molecule has 0 amide bonds. The predicted molar refractivity (Wildman–Crippen MR) is 57.1 cm³/mol. The van der Waals surface area contributed by atoms with E-state index in [2.05, 4.69) is 19.8 Å². The van der Waals surface area contributed by atoms with Gasteiger partial charge in [-0.05, 0) is 43.4 Å². The van der Waals surface area contributed by atoms with E-state index in [-0.39, 0.29) is 6.04 Å². The maximum atomic E-state index is 5.83. The lowest BCUT2D eigenvalue weighted by molar-refractivity contribution is 0.216. The zero-order valence-electron chi connectivity index (χ0n) is 8.79. The van der Waals surface area contributed by atoms with E-state index in [0.29, 0.717) is 5.92 Å². The van der Waals surface area contributed by atoms with Crippen molar-refractivity contribution in [1.82, 2.24) is 0 Å². The summed E-state index contributed by atoms with van der Waals surface area (Å²) in [5, 5.41) is 0.